The quantitative estimate of drug-likeness (QED) is 0.622. The molecule has 2 amide bonds. The van der Waals surface area contributed by atoms with E-state index in [1.165, 1.54) is 0 Å². The Labute approximate surface area is 180 Å². The van der Waals surface area contributed by atoms with E-state index in [0.717, 1.165) is 40.2 Å². The highest BCUT2D eigenvalue weighted by Crippen LogP contribution is 2.38. The van der Waals surface area contributed by atoms with Crippen LogP contribution in [0.2, 0.25) is 0 Å². The number of fused-ring (bicyclic) bond motifs is 1. The Morgan fingerprint density at radius 2 is 1.90 bits per heavy atom. The topological polar surface area (TPSA) is 53.5 Å². The summed E-state index contributed by atoms with van der Waals surface area (Å²) >= 11 is 1.68. The summed E-state index contributed by atoms with van der Waals surface area (Å²) in [6.07, 6.45) is 2.23. The largest absolute Gasteiger partial charge is 0.335 e. The fourth-order valence-electron chi connectivity index (χ4n) is 4.74. The smallest absolute Gasteiger partial charge is 0.228 e. The van der Waals surface area contributed by atoms with Crippen LogP contribution in [-0.2, 0) is 9.59 Å². The van der Waals surface area contributed by atoms with Crippen LogP contribution in [0.4, 0.5) is 0 Å². The standard InChI is InChI=1S/C24H25N3O2S/c1-16(17-8-3-2-4-9-17)27-15-18(14-22(27)28)24(29)26-13-7-11-20(26)23-25-19-10-5-6-12-21(19)30-23/h2-6,8-10,12,16,18,20H,7,11,13-15H2,1H3/t16-,18+,20-/m1/s1. The number of aromatic nitrogens is 1. The van der Waals surface area contributed by atoms with Crippen molar-refractivity contribution in [2.24, 2.45) is 5.92 Å². The number of benzene rings is 2. The third-order valence-electron chi connectivity index (χ3n) is 6.39. The zero-order valence-electron chi connectivity index (χ0n) is 17.0. The molecule has 5 nitrogen and oxygen atoms in total. The van der Waals surface area contributed by atoms with Crippen molar-refractivity contribution in [1.82, 2.24) is 14.8 Å². The normalized spacial score (nSPS) is 22.8. The molecule has 0 spiro atoms. The Morgan fingerprint density at radius 1 is 1.13 bits per heavy atom. The van der Waals surface area contributed by atoms with E-state index in [1.54, 1.807) is 11.3 Å². The molecule has 0 N–H and O–H groups in total. The van der Waals surface area contributed by atoms with E-state index >= 15 is 0 Å². The molecule has 3 atom stereocenters. The molecular weight excluding hydrogens is 394 g/mol. The molecule has 2 fully saturated rings. The lowest BCUT2D eigenvalue weighted by Crippen LogP contribution is -2.37. The van der Waals surface area contributed by atoms with E-state index in [-0.39, 0.29) is 29.8 Å². The van der Waals surface area contributed by atoms with Crippen molar-refractivity contribution < 1.29 is 9.59 Å². The Kier molecular flexibility index (Phi) is 5.03. The van der Waals surface area contributed by atoms with Crippen molar-refractivity contribution in [2.75, 3.05) is 13.1 Å². The third-order valence-corrected chi connectivity index (χ3v) is 7.53. The van der Waals surface area contributed by atoms with E-state index in [4.69, 9.17) is 4.98 Å². The summed E-state index contributed by atoms with van der Waals surface area (Å²) in [4.78, 5) is 34.8. The molecule has 154 valence electrons. The molecule has 0 unspecified atom stereocenters. The highest BCUT2D eigenvalue weighted by Gasteiger charge is 2.42. The van der Waals surface area contributed by atoms with Crippen LogP contribution in [-0.4, -0.2) is 39.7 Å². The highest BCUT2D eigenvalue weighted by molar-refractivity contribution is 7.18. The van der Waals surface area contributed by atoms with Crippen molar-refractivity contribution in [1.29, 1.82) is 0 Å². The second kappa shape index (κ2) is 7.84. The minimum Gasteiger partial charge on any atom is -0.335 e. The molecule has 3 heterocycles. The van der Waals surface area contributed by atoms with Crippen LogP contribution in [0, 0.1) is 5.92 Å². The van der Waals surface area contributed by atoms with Crippen molar-refractivity contribution >= 4 is 33.4 Å². The van der Waals surface area contributed by atoms with E-state index in [9.17, 15) is 9.59 Å². The molecule has 0 saturated carbocycles. The monoisotopic (exact) mass is 419 g/mol. The summed E-state index contributed by atoms with van der Waals surface area (Å²) in [6, 6.07) is 18.2. The van der Waals surface area contributed by atoms with Gasteiger partial charge in [0.05, 0.1) is 28.2 Å². The maximum Gasteiger partial charge on any atom is 0.228 e. The van der Waals surface area contributed by atoms with Crippen LogP contribution in [0.15, 0.2) is 54.6 Å². The molecule has 5 rings (SSSR count). The first kappa shape index (κ1) is 19.2. The number of carbonyl (C=O) groups is 2. The summed E-state index contributed by atoms with van der Waals surface area (Å²) in [5, 5.41) is 1.01. The van der Waals surface area contributed by atoms with Crippen LogP contribution in [0.25, 0.3) is 10.2 Å². The summed E-state index contributed by atoms with van der Waals surface area (Å²) in [6.45, 7) is 3.29. The van der Waals surface area contributed by atoms with Crippen molar-refractivity contribution in [3.63, 3.8) is 0 Å². The molecule has 0 radical (unpaired) electrons. The van der Waals surface area contributed by atoms with Crippen LogP contribution in [0.3, 0.4) is 0 Å². The van der Waals surface area contributed by atoms with Crippen LogP contribution in [0.1, 0.15) is 48.8 Å². The van der Waals surface area contributed by atoms with Gasteiger partial charge in [-0.3, -0.25) is 9.59 Å². The molecule has 0 bridgehead atoms. The first-order valence-corrected chi connectivity index (χ1v) is 11.4. The number of likely N-dealkylation sites (tertiary alicyclic amines) is 2. The highest BCUT2D eigenvalue weighted by atomic mass is 32.1. The average molecular weight is 420 g/mol. The van der Waals surface area contributed by atoms with E-state index in [1.807, 2.05) is 65.3 Å². The average Bonchev–Trinajstić information content (AvgIpc) is 3.50. The van der Waals surface area contributed by atoms with Crippen molar-refractivity contribution in [3.05, 3.63) is 65.2 Å². The predicted molar refractivity (Wildman–Crippen MR) is 118 cm³/mol. The molecule has 3 aromatic rings. The van der Waals surface area contributed by atoms with Crippen molar-refractivity contribution in [2.45, 2.75) is 38.3 Å². The number of carbonyl (C=O) groups excluding carboxylic acids is 2. The third kappa shape index (κ3) is 3.39. The van der Waals surface area contributed by atoms with Crippen LogP contribution >= 0.6 is 11.3 Å². The van der Waals surface area contributed by atoms with Gasteiger partial charge >= 0.3 is 0 Å². The second-order valence-electron chi connectivity index (χ2n) is 8.24. The zero-order chi connectivity index (χ0) is 20.7. The molecule has 30 heavy (non-hydrogen) atoms. The van der Waals surface area contributed by atoms with Gasteiger partial charge in [0.2, 0.25) is 11.8 Å². The van der Waals surface area contributed by atoms with Gasteiger partial charge in [-0.15, -0.1) is 11.3 Å². The Balaban J connectivity index is 1.33. The van der Waals surface area contributed by atoms with Gasteiger partial charge in [-0.2, -0.15) is 0 Å². The molecule has 6 heteroatoms. The Bertz CT molecular complexity index is 1050. The van der Waals surface area contributed by atoms with Gasteiger partial charge in [-0.1, -0.05) is 42.5 Å². The van der Waals surface area contributed by atoms with Gasteiger partial charge in [-0.25, -0.2) is 4.98 Å². The second-order valence-corrected chi connectivity index (χ2v) is 9.31. The first-order chi connectivity index (χ1) is 14.6. The zero-order valence-corrected chi connectivity index (χ0v) is 17.8. The molecule has 1 aromatic heterocycles. The fraction of sp³-hybridized carbons (Fsp3) is 0.375. The number of thiazole rings is 1. The number of rotatable bonds is 4. The molecule has 2 aliphatic heterocycles. The number of hydrogen-bond donors (Lipinski definition) is 0. The van der Waals surface area contributed by atoms with Gasteiger partial charge < -0.3 is 9.80 Å². The van der Waals surface area contributed by atoms with Gasteiger partial charge in [0.25, 0.3) is 0 Å². The predicted octanol–water partition coefficient (Wildman–Crippen LogP) is 4.57. The summed E-state index contributed by atoms with van der Waals surface area (Å²) < 4.78 is 1.16. The molecule has 2 aliphatic rings. The van der Waals surface area contributed by atoms with E-state index in [0.29, 0.717) is 13.0 Å². The Hall–Kier alpha value is -2.73. The maximum atomic E-state index is 13.4. The number of nitrogens with zero attached hydrogens (tertiary/aromatic N) is 3. The molecule has 2 aromatic carbocycles. The number of para-hydroxylation sites is 1. The molecule has 0 aliphatic carbocycles. The summed E-state index contributed by atoms with van der Waals surface area (Å²) in [7, 11) is 0. The lowest BCUT2D eigenvalue weighted by Gasteiger charge is -2.28. The van der Waals surface area contributed by atoms with Gasteiger partial charge in [-0.05, 0) is 37.5 Å². The molecule has 2 saturated heterocycles. The van der Waals surface area contributed by atoms with E-state index in [2.05, 4.69) is 6.07 Å². The van der Waals surface area contributed by atoms with Gasteiger partial charge in [0.1, 0.15) is 5.01 Å². The Morgan fingerprint density at radius 3 is 2.70 bits per heavy atom. The number of hydrogen-bond acceptors (Lipinski definition) is 4. The van der Waals surface area contributed by atoms with Crippen LogP contribution < -0.4 is 0 Å². The summed E-state index contributed by atoms with van der Waals surface area (Å²) in [5.74, 6) is -0.0908. The van der Waals surface area contributed by atoms with Crippen molar-refractivity contribution in [3.8, 4) is 0 Å². The van der Waals surface area contributed by atoms with Gasteiger partial charge in [0.15, 0.2) is 0 Å². The molecular formula is C24H25N3O2S. The maximum absolute atomic E-state index is 13.4. The van der Waals surface area contributed by atoms with E-state index < -0.39 is 0 Å². The fourth-order valence-corrected chi connectivity index (χ4v) is 5.85. The number of amides is 2. The minimum atomic E-state index is -0.265. The minimum absolute atomic E-state index is 0.0184. The lowest BCUT2D eigenvalue weighted by molar-refractivity contribution is -0.136. The first-order valence-electron chi connectivity index (χ1n) is 10.6. The van der Waals surface area contributed by atoms with Crippen LogP contribution in [0.5, 0.6) is 0 Å². The lowest BCUT2D eigenvalue weighted by atomic mass is 10.1. The SMILES string of the molecule is C[C@H](c1ccccc1)N1C[C@@H](C(=O)N2CCC[C@@H]2c2nc3ccccc3s2)CC1=O. The summed E-state index contributed by atoms with van der Waals surface area (Å²) in [5.41, 5.74) is 2.10. The van der Waals surface area contributed by atoms with Gasteiger partial charge in [0, 0.05) is 19.5 Å².